The minimum atomic E-state index is 0.689. The molecule has 0 amide bonds. The van der Waals surface area contributed by atoms with Crippen LogP contribution in [-0.2, 0) is 12.8 Å². The largest absolute Gasteiger partial charge is 0.669 e. The summed E-state index contributed by atoms with van der Waals surface area (Å²) >= 11 is 12.8. The van der Waals surface area contributed by atoms with Gasteiger partial charge in [0, 0.05) is 6.42 Å². The van der Waals surface area contributed by atoms with Crippen LogP contribution >= 0.6 is 25.0 Å². The number of nitrogens with zero attached hydrogens (tertiary/aromatic N) is 1. The van der Waals surface area contributed by atoms with E-state index in [2.05, 4.69) is 47.0 Å². The van der Waals surface area contributed by atoms with Gasteiger partial charge in [-0.2, -0.15) is 0 Å². The molecule has 0 aliphatic carbocycles. The van der Waals surface area contributed by atoms with E-state index in [1.54, 1.807) is 5.37 Å². The Morgan fingerprint density at radius 2 is 2.56 bits per heavy atom. The number of nitrogens with one attached hydrogen (secondary N) is 1. The van der Waals surface area contributed by atoms with E-state index >= 15 is 0 Å². The number of hydrogen-bond acceptors (Lipinski definition) is 4. The van der Waals surface area contributed by atoms with Crippen LogP contribution in [0.3, 0.4) is 0 Å². The van der Waals surface area contributed by atoms with Gasteiger partial charge in [-0.1, -0.05) is 12.2 Å². The van der Waals surface area contributed by atoms with Gasteiger partial charge in [-0.05, 0) is 24.6 Å². The normalized spacial score (nSPS) is 11.1. The highest BCUT2D eigenvalue weighted by Crippen LogP contribution is 1.89. The van der Waals surface area contributed by atoms with Crippen LogP contribution in [-0.4, -0.2) is 11.2 Å². The van der Waals surface area contributed by atoms with Crippen molar-refractivity contribution in [1.29, 1.82) is 0 Å². The summed E-state index contributed by atoms with van der Waals surface area (Å²) in [6.45, 7) is 0. The van der Waals surface area contributed by atoms with Crippen molar-refractivity contribution >= 4 is 49.1 Å². The van der Waals surface area contributed by atoms with Gasteiger partial charge in [0.15, 0.2) is 0 Å². The number of rotatable bonds is 3. The average Bonchev–Trinajstić information content (AvgIpc) is 1.91. The topological polar surface area (TPSA) is 24.4 Å². The Morgan fingerprint density at radius 3 is 2.89 bits per heavy atom. The standard InChI is InChI=1S/C4H7N2S3/c7-3-1-2-4(5-8)6-9/h3H,1-2H2,(H2-,5,6,8,9)/q-1. The molecule has 0 rings (SSSR count). The lowest BCUT2D eigenvalue weighted by Crippen LogP contribution is -2.15. The molecule has 0 atom stereocenters. The van der Waals surface area contributed by atoms with Gasteiger partial charge in [0.1, 0.15) is 0 Å². The van der Waals surface area contributed by atoms with Crippen LogP contribution in [0, 0.1) is 0 Å². The Hall–Kier alpha value is 0.260. The van der Waals surface area contributed by atoms with E-state index in [-0.39, 0.29) is 0 Å². The van der Waals surface area contributed by atoms with E-state index in [4.69, 9.17) is 0 Å². The third kappa shape index (κ3) is 4.74. The van der Waals surface area contributed by atoms with Gasteiger partial charge < -0.3 is 17.5 Å². The molecule has 52 valence electrons. The van der Waals surface area contributed by atoms with E-state index in [0.29, 0.717) is 5.84 Å². The monoisotopic (exact) mass is 179 g/mol. The molecule has 0 bridgehead atoms. The number of amidine groups is 1. The van der Waals surface area contributed by atoms with Gasteiger partial charge in [0.05, 0.1) is 5.84 Å². The second kappa shape index (κ2) is 6.38. The summed E-state index contributed by atoms with van der Waals surface area (Å²) in [5.74, 6) is 0.689. The molecule has 0 aromatic carbocycles. The summed E-state index contributed by atoms with van der Waals surface area (Å²) in [7, 11) is 0. The van der Waals surface area contributed by atoms with E-state index < -0.39 is 0 Å². The molecule has 0 unspecified atom stereocenters. The second-order valence-electron chi connectivity index (χ2n) is 1.35. The van der Waals surface area contributed by atoms with Crippen molar-refractivity contribution in [1.82, 2.24) is 4.72 Å². The fraction of sp³-hybridized carbons (Fsp3) is 0.500. The maximum atomic E-state index is 4.60. The highest BCUT2D eigenvalue weighted by molar-refractivity contribution is 7.79. The third-order valence-electron chi connectivity index (χ3n) is 0.738. The van der Waals surface area contributed by atoms with Gasteiger partial charge in [-0.25, -0.2) is 4.40 Å². The van der Waals surface area contributed by atoms with Crippen LogP contribution in [0.4, 0.5) is 0 Å². The van der Waals surface area contributed by atoms with Crippen LogP contribution in [0.1, 0.15) is 12.8 Å². The molecule has 0 radical (unpaired) electrons. The van der Waals surface area contributed by atoms with Gasteiger partial charge in [0.25, 0.3) is 0 Å². The van der Waals surface area contributed by atoms with Crippen molar-refractivity contribution in [2.24, 2.45) is 4.40 Å². The molecule has 0 saturated heterocycles. The quantitative estimate of drug-likeness (QED) is 0.223. The molecular weight excluding hydrogens is 172 g/mol. The zero-order valence-electron chi connectivity index (χ0n) is 4.70. The van der Waals surface area contributed by atoms with Gasteiger partial charge in [0.2, 0.25) is 0 Å². The van der Waals surface area contributed by atoms with Crippen LogP contribution in [0.2, 0.25) is 0 Å². The summed E-state index contributed by atoms with van der Waals surface area (Å²) in [4.78, 5) is 0. The lowest BCUT2D eigenvalue weighted by atomic mass is 10.3. The first-order valence-electron chi connectivity index (χ1n) is 2.38. The number of hydrogen-bond donors (Lipinski definition) is 2. The number of thiocarbonyl (C=S) groups is 1. The fourth-order valence-corrected chi connectivity index (χ4v) is 0.800. The van der Waals surface area contributed by atoms with E-state index in [1.807, 2.05) is 0 Å². The average molecular weight is 179 g/mol. The lowest BCUT2D eigenvalue weighted by molar-refractivity contribution is 1.15. The first-order chi connectivity index (χ1) is 4.35. The maximum absolute atomic E-state index is 4.60. The molecule has 5 heteroatoms. The van der Waals surface area contributed by atoms with Gasteiger partial charge >= 0.3 is 0 Å². The van der Waals surface area contributed by atoms with E-state index in [9.17, 15) is 0 Å². The predicted octanol–water partition coefficient (Wildman–Crippen LogP) is 1.06. The summed E-state index contributed by atoms with van der Waals surface area (Å²) in [6, 6.07) is 0. The molecule has 0 aliphatic heterocycles. The zero-order chi connectivity index (χ0) is 7.11. The molecule has 0 saturated carbocycles. The van der Waals surface area contributed by atoms with E-state index in [1.165, 1.54) is 0 Å². The van der Waals surface area contributed by atoms with Crippen molar-refractivity contribution in [3.05, 3.63) is 0 Å². The molecule has 2 nitrogen and oxygen atoms in total. The molecule has 9 heavy (non-hydrogen) atoms. The molecular formula is C4H7N2S3-. The van der Waals surface area contributed by atoms with E-state index in [0.717, 1.165) is 12.8 Å². The van der Waals surface area contributed by atoms with Crippen molar-refractivity contribution in [2.75, 3.05) is 0 Å². The van der Waals surface area contributed by atoms with Crippen LogP contribution < -0.4 is 4.72 Å². The molecule has 0 spiro atoms. The highest BCUT2D eigenvalue weighted by atomic mass is 32.1. The highest BCUT2D eigenvalue weighted by Gasteiger charge is 1.86. The van der Waals surface area contributed by atoms with Crippen molar-refractivity contribution in [3.8, 4) is 0 Å². The second-order valence-corrected chi connectivity index (χ2v) is 2.09. The van der Waals surface area contributed by atoms with Crippen molar-refractivity contribution in [2.45, 2.75) is 12.8 Å². The van der Waals surface area contributed by atoms with Crippen molar-refractivity contribution in [3.63, 3.8) is 0 Å². The predicted molar refractivity (Wildman–Crippen MR) is 49.8 cm³/mol. The minimum Gasteiger partial charge on any atom is -0.669 e. The Morgan fingerprint density at radius 1 is 1.89 bits per heavy atom. The van der Waals surface area contributed by atoms with Gasteiger partial charge in [-0.3, -0.25) is 0 Å². The van der Waals surface area contributed by atoms with Crippen LogP contribution in [0.5, 0.6) is 0 Å². The lowest BCUT2D eigenvalue weighted by Gasteiger charge is -2.09. The minimum absolute atomic E-state index is 0.689. The van der Waals surface area contributed by atoms with Gasteiger partial charge in [-0.15, -0.1) is 0 Å². The SMILES string of the molecule is S=CCCC(=NS)N[S-]. The first kappa shape index (κ1) is 9.26. The zero-order valence-corrected chi connectivity index (χ0v) is 7.23. The molecule has 1 N–H and O–H groups in total. The first-order valence-corrected chi connectivity index (χ1v) is 3.65. The third-order valence-corrected chi connectivity index (χ3v) is 1.45. The molecule has 0 heterocycles. The van der Waals surface area contributed by atoms with Crippen molar-refractivity contribution < 1.29 is 0 Å². The van der Waals surface area contributed by atoms with Crippen LogP contribution in [0.25, 0.3) is 0 Å². The smallest absolute Gasteiger partial charge is 0.0879 e. The number of thiol groups is 1. The Kier molecular flexibility index (Phi) is 6.57. The fourth-order valence-electron chi connectivity index (χ4n) is 0.317. The Balaban J connectivity index is 3.44. The molecule has 0 aromatic heterocycles. The summed E-state index contributed by atoms with van der Waals surface area (Å²) < 4.78 is 6.05. The molecule has 0 aliphatic rings. The summed E-state index contributed by atoms with van der Waals surface area (Å²) in [6.07, 6.45) is 1.55. The maximum Gasteiger partial charge on any atom is 0.0879 e. The Bertz CT molecular complexity index is 112. The van der Waals surface area contributed by atoms with Crippen LogP contribution in [0.15, 0.2) is 4.40 Å². The summed E-state index contributed by atoms with van der Waals surface area (Å²) in [5.41, 5.74) is 0. The molecule has 0 aromatic rings. The molecule has 0 fully saturated rings. The Labute approximate surface area is 71.2 Å². The summed E-state index contributed by atoms with van der Waals surface area (Å²) in [5, 5.41) is 1.64.